The summed E-state index contributed by atoms with van der Waals surface area (Å²) in [5, 5.41) is 9.95. The van der Waals surface area contributed by atoms with Crippen molar-refractivity contribution in [3.63, 3.8) is 0 Å². The Morgan fingerprint density at radius 3 is 2.13 bits per heavy atom. The Labute approximate surface area is 238 Å². The smallest absolute Gasteiger partial charge is 0.264 e. The lowest BCUT2D eigenvalue weighted by Gasteiger charge is -2.23. The quantitative estimate of drug-likeness (QED) is 0.304. The predicted octanol–water partition coefficient (Wildman–Crippen LogP) is 4.90. The topological polar surface area (TPSA) is 103 Å². The van der Waals surface area contributed by atoms with Crippen molar-refractivity contribution in [3.8, 4) is 0 Å². The lowest BCUT2D eigenvalue weighted by atomic mass is 9.91. The zero-order valence-electron chi connectivity index (χ0n) is 21.7. The Bertz CT molecular complexity index is 1480. The van der Waals surface area contributed by atoms with E-state index in [1.54, 1.807) is 12.1 Å². The molecule has 0 fully saturated rings. The van der Waals surface area contributed by atoms with Crippen molar-refractivity contribution in [2.45, 2.75) is 30.7 Å². The van der Waals surface area contributed by atoms with Gasteiger partial charge in [-0.3, -0.25) is 4.79 Å². The van der Waals surface area contributed by atoms with Gasteiger partial charge in [-0.25, -0.2) is 23.1 Å². The van der Waals surface area contributed by atoms with Gasteiger partial charge in [-0.05, 0) is 53.4 Å². The number of halogens is 2. The van der Waals surface area contributed by atoms with Gasteiger partial charge in [0.25, 0.3) is 10.0 Å². The molecule has 1 amide bonds. The van der Waals surface area contributed by atoms with Crippen LogP contribution in [0.1, 0.15) is 30.9 Å². The van der Waals surface area contributed by atoms with Crippen molar-refractivity contribution in [2.75, 3.05) is 13.6 Å². The number of rotatable bonds is 7. The predicted molar refractivity (Wildman–Crippen MR) is 156 cm³/mol. The van der Waals surface area contributed by atoms with E-state index in [4.69, 9.17) is 28.3 Å². The van der Waals surface area contributed by atoms with E-state index in [0.717, 1.165) is 16.8 Å². The van der Waals surface area contributed by atoms with Crippen LogP contribution in [0.5, 0.6) is 0 Å². The number of hydrogen-bond acceptors (Lipinski definition) is 5. The number of nitrogens with one attached hydrogen (secondary N) is 2. The summed E-state index contributed by atoms with van der Waals surface area (Å²) in [6.07, 6.45) is 0. The molecule has 0 saturated heterocycles. The Balaban J connectivity index is 1.82. The number of likely N-dealkylation sites (N-methyl/N-ethyl adjacent to an activating group) is 1. The van der Waals surface area contributed by atoms with Gasteiger partial charge in [0.15, 0.2) is 0 Å². The Morgan fingerprint density at radius 1 is 0.974 bits per heavy atom. The van der Waals surface area contributed by atoms with Gasteiger partial charge in [-0.15, -0.1) is 0 Å². The molecule has 1 aliphatic rings. The van der Waals surface area contributed by atoms with E-state index in [-0.39, 0.29) is 28.6 Å². The minimum absolute atomic E-state index is 0.00125. The molecule has 0 aliphatic carbocycles. The highest BCUT2D eigenvalue weighted by molar-refractivity contribution is 7.90. The van der Waals surface area contributed by atoms with Gasteiger partial charge in [-0.1, -0.05) is 79.5 Å². The third-order valence-electron chi connectivity index (χ3n) is 6.26. The van der Waals surface area contributed by atoms with Gasteiger partial charge in [0.2, 0.25) is 11.9 Å². The number of carbonyl (C=O) groups excluding carboxylic acids is 1. The highest BCUT2D eigenvalue weighted by Crippen LogP contribution is 2.30. The fraction of sp³-hybridized carbons (Fsp3) is 0.250. The van der Waals surface area contributed by atoms with Gasteiger partial charge in [0.05, 0.1) is 17.2 Å². The minimum atomic E-state index is -4.09. The Kier molecular flexibility index (Phi) is 8.94. The van der Waals surface area contributed by atoms with Crippen LogP contribution >= 0.6 is 23.2 Å². The third kappa shape index (κ3) is 6.79. The van der Waals surface area contributed by atoms with E-state index in [2.05, 4.69) is 15.0 Å². The molecule has 0 saturated carbocycles. The second-order valence-electron chi connectivity index (χ2n) is 9.35. The first-order valence-corrected chi connectivity index (χ1v) is 14.6. The maximum absolute atomic E-state index is 13.4. The summed E-state index contributed by atoms with van der Waals surface area (Å²) < 4.78 is 29.4. The summed E-state index contributed by atoms with van der Waals surface area (Å²) >= 11 is 12.1. The molecule has 4 rings (SSSR count). The standard InChI is InChI=1S/C28H29Cl2N5O3S/c1-18(2)25(27(36)31-3)32-28(34-39(37,38)23-15-13-22(30)14-16-23)35-17-24(19-7-5-4-6-8-19)26(33-35)20-9-11-21(29)12-10-20/h4-16,18,24-25H,17H2,1-3H3,(H,31,36)(H,32,34). The minimum Gasteiger partial charge on any atom is -0.357 e. The average molecular weight is 587 g/mol. The van der Waals surface area contributed by atoms with Crippen LogP contribution in [0.4, 0.5) is 0 Å². The van der Waals surface area contributed by atoms with Crippen LogP contribution in [-0.4, -0.2) is 50.6 Å². The molecule has 11 heteroatoms. The van der Waals surface area contributed by atoms with Crippen molar-refractivity contribution < 1.29 is 13.2 Å². The largest absolute Gasteiger partial charge is 0.357 e. The molecule has 3 aromatic carbocycles. The number of carbonyl (C=O) groups is 1. The molecule has 0 spiro atoms. The maximum atomic E-state index is 13.4. The highest BCUT2D eigenvalue weighted by Gasteiger charge is 2.34. The number of hydrazone groups is 1. The van der Waals surface area contributed by atoms with Crippen molar-refractivity contribution >= 4 is 50.8 Å². The van der Waals surface area contributed by atoms with E-state index in [1.165, 1.54) is 36.3 Å². The summed E-state index contributed by atoms with van der Waals surface area (Å²) in [7, 11) is -2.57. The van der Waals surface area contributed by atoms with Crippen LogP contribution in [0.15, 0.2) is 93.9 Å². The lowest BCUT2D eigenvalue weighted by Crippen LogP contribution is -2.44. The highest BCUT2D eigenvalue weighted by atomic mass is 35.5. The molecular formula is C28H29Cl2N5O3S. The molecule has 0 radical (unpaired) electrons. The van der Waals surface area contributed by atoms with Gasteiger partial charge in [-0.2, -0.15) is 5.10 Å². The maximum Gasteiger partial charge on any atom is 0.264 e. The van der Waals surface area contributed by atoms with Gasteiger partial charge < -0.3 is 5.32 Å². The number of sulfonamides is 1. The first-order chi connectivity index (χ1) is 18.6. The van der Waals surface area contributed by atoms with E-state index >= 15 is 0 Å². The number of guanidine groups is 1. The number of nitrogens with zero attached hydrogens (tertiary/aromatic N) is 3. The van der Waals surface area contributed by atoms with Gasteiger partial charge >= 0.3 is 0 Å². The van der Waals surface area contributed by atoms with E-state index < -0.39 is 16.1 Å². The molecule has 1 heterocycles. The summed E-state index contributed by atoms with van der Waals surface area (Å²) in [5.41, 5.74) is 2.56. The van der Waals surface area contributed by atoms with Crippen LogP contribution in [0, 0.1) is 5.92 Å². The SMILES string of the molecule is CNC(=O)C(N=C(NS(=O)(=O)c1ccc(Cl)cc1)N1CC(c2ccccc2)C(c2ccc(Cl)cc2)=N1)C(C)C. The fourth-order valence-electron chi connectivity index (χ4n) is 4.19. The van der Waals surface area contributed by atoms with Gasteiger partial charge in [0.1, 0.15) is 6.04 Å². The molecular weight excluding hydrogens is 557 g/mol. The van der Waals surface area contributed by atoms with Crippen molar-refractivity contribution in [1.29, 1.82) is 0 Å². The van der Waals surface area contributed by atoms with E-state index in [9.17, 15) is 13.2 Å². The zero-order valence-corrected chi connectivity index (χ0v) is 24.0. The zero-order chi connectivity index (χ0) is 28.2. The number of aliphatic imine (C=N–C) groups is 1. The Morgan fingerprint density at radius 2 is 1.56 bits per heavy atom. The molecule has 2 atom stereocenters. The molecule has 0 bridgehead atoms. The van der Waals surface area contributed by atoms with Crippen molar-refractivity contribution in [3.05, 3.63) is 100 Å². The summed E-state index contributed by atoms with van der Waals surface area (Å²) in [4.78, 5) is 17.3. The third-order valence-corrected chi connectivity index (χ3v) is 8.11. The summed E-state index contributed by atoms with van der Waals surface area (Å²) in [6, 6.07) is 22.0. The van der Waals surface area contributed by atoms with Crippen molar-refractivity contribution in [2.24, 2.45) is 16.0 Å². The molecule has 39 heavy (non-hydrogen) atoms. The van der Waals surface area contributed by atoms with Crippen LogP contribution in [0.3, 0.4) is 0 Å². The lowest BCUT2D eigenvalue weighted by molar-refractivity contribution is -0.122. The van der Waals surface area contributed by atoms with Crippen LogP contribution in [-0.2, 0) is 14.8 Å². The number of hydrogen-bond donors (Lipinski definition) is 2. The second kappa shape index (κ2) is 12.2. The van der Waals surface area contributed by atoms with Crippen molar-refractivity contribution in [1.82, 2.24) is 15.0 Å². The number of amides is 1. The molecule has 0 aromatic heterocycles. The molecule has 2 unspecified atom stereocenters. The van der Waals surface area contributed by atoms with E-state index in [1.807, 2.05) is 56.3 Å². The van der Waals surface area contributed by atoms with Crippen LogP contribution < -0.4 is 10.0 Å². The average Bonchev–Trinajstić information content (AvgIpc) is 3.37. The molecule has 204 valence electrons. The molecule has 2 N–H and O–H groups in total. The van der Waals surface area contributed by atoms with Crippen LogP contribution in [0.25, 0.3) is 0 Å². The summed E-state index contributed by atoms with van der Waals surface area (Å²) in [5.74, 6) is -0.812. The first-order valence-electron chi connectivity index (χ1n) is 12.3. The fourth-order valence-corrected chi connectivity index (χ4v) is 5.45. The van der Waals surface area contributed by atoms with Crippen LogP contribution in [0.2, 0.25) is 10.0 Å². The molecule has 3 aromatic rings. The number of benzene rings is 3. The monoisotopic (exact) mass is 585 g/mol. The summed E-state index contributed by atoms with van der Waals surface area (Å²) in [6.45, 7) is 3.98. The molecule has 1 aliphatic heterocycles. The normalized spacial score (nSPS) is 16.7. The van der Waals surface area contributed by atoms with E-state index in [0.29, 0.717) is 16.6 Å². The van der Waals surface area contributed by atoms with Gasteiger partial charge in [0, 0.05) is 23.0 Å². The second-order valence-corrected chi connectivity index (χ2v) is 11.9. The molecule has 8 nitrogen and oxygen atoms in total. The first kappa shape index (κ1) is 28.6. The Hall–Kier alpha value is -3.40.